The second kappa shape index (κ2) is 3.17. The topological polar surface area (TPSA) is 29.5 Å². The molecule has 0 spiro atoms. The van der Waals surface area contributed by atoms with Crippen LogP contribution in [0.1, 0.15) is 20.3 Å². The van der Waals surface area contributed by atoms with Gasteiger partial charge in [-0.05, 0) is 18.4 Å². The van der Waals surface area contributed by atoms with E-state index in [9.17, 15) is 0 Å². The van der Waals surface area contributed by atoms with Crippen LogP contribution in [0.5, 0.6) is 0 Å². The SMILES string of the molecule is CC(C)C1=CC(O)OCC1. The molecule has 0 aliphatic carbocycles. The molecule has 1 N–H and O–H groups in total. The summed E-state index contributed by atoms with van der Waals surface area (Å²) in [7, 11) is 0. The Bertz CT molecular complexity index is 138. The Kier molecular flexibility index (Phi) is 2.46. The molecule has 0 aromatic rings. The first-order valence-corrected chi connectivity index (χ1v) is 3.70. The first-order chi connectivity index (χ1) is 4.70. The Hall–Kier alpha value is -0.340. The Morgan fingerprint density at radius 3 is 2.80 bits per heavy atom. The molecule has 1 rings (SSSR count). The second-order valence-electron chi connectivity index (χ2n) is 2.91. The molecule has 1 heterocycles. The van der Waals surface area contributed by atoms with Crippen LogP contribution >= 0.6 is 0 Å². The number of aliphatic hydroxyl groups excluding tert-OH is 1. The van der Waals surface area contributed by atoms with Gasteiger partial charge in [0.05, 0.1) is 6.61 Å². The fourth-order valence-electron chi connectivity index (χ4n) is 1.09. The van der Waals surface area contributed by atoms with Crippen LogP contribution in [0.25, 0.3) is 0 Å². The molecule has 10 heavy (non-hydrogen) atoms. The van der Waals surface area contributed by atoms with E-state index < -0.39 is 6.29 Å². The van der Waals surface area contributed by atoms with Crippen molar-refractivity contribution < 1.29 is 9.84 Å². The van der Waals surface area contributed by atoms with Crippen molar-refractivity contribution in [2.24, 2.45) is 5.92 Å². The maximum absolute atomic E-state index is 9.03. The summed E-state index contributed by atoms with van der Waals surface area (Å²) in [5.74, 6) is 0.540. The predicted molar refractivity (Wildman–Crippen MR) is 39.5 cm³/mol. The van der Waals surface area contributed by atoms with E-state index in [1.54, 1.807) is 6.08 Å². The van der Waals surface area contributed by atoms with Gasteiger partial charge in [0.25, 0.3) is 0 Å². The third kappa shape index (κ3) is 1.82. The van der Waals surface area contributed by atoms with Crippen LogP contribution in [0.4, 0.5) is 0 Å². The van der Waals surface area contributed by atoms with Crippen LogP contribution in [0.15, 0.2) is 11.6 Å². The summed E-state index contributed by atoms with van der Waals surface area (Å²) >= 11 is 0. The summed E-state index contributed by atoms with van der Waals surface area (Å²) in [6.45, 7) is 4.92. The zero-order chi connectivity index (χ0) is 7.56. The average Bonchev–Trinajstić information content (AvgIpc) is 1.88. The first kappa shape index (κ1) is 7.76. The highest BCUT2D eigenvalue weighted by Gasteiger charge is 2.12. The van der Waals surface area contributed by atoms with Gasteiger partial charge in [-0.25, -0.2) is 0 Å². The fraction of sp³-hybridized carbons (Fsp3) is 0.750. The van der Waals surface area contributed by atoms with Gasteiger partial charge in [-0.2, -0.15) is 0 Å². The lowest BCUT2D eigenvalue weighted by Crippen LogP contribution is -2.17. The van der Waals surface area contributed by atoms with Gasteiger partial charge in [0.2, 0.25) is 0 Å². The highest BCUT2D eigenvalue weighted by Crippen LogP contribution is 2.18. The minimum atomic E-state index is -0.661. The van der Waals surface area contributed by atoms with E-state index >= 15 is 0 Å². The van der Waals surface area contributed by atoms with Gasteiger partial charge in [0, 0.05) is 0 Å². The van der Waals surface area contributed by atoms with Crippen LogP contribution in [0.2, 0.25) is 0 Å². The number of ether oxygens (including phenoxy) is 1. The van der Waals surface area contributed by atoms with Crippen molar-refractivity contribution in [2.75, 3.05) is 6.61 Å². The van der Waals surface area contributed by atoms with Crippen molar-refractivity contribution in [3.05, 3.63) is 11.6 Å². The van der Waals surface area contributed by atoms with E-state index in [2.05, 4.69) is 13.8 Å². The first-order valence-electron chi connectivity index (χ1n) is 3.70. The molecule has 1 aliphatic heterocycles. The summed E-state index contributed by atoms with van der Waals surface area (Å²) in [6, 6.07) is 0. The Morgan fingerprint density at radius 2 is 2.40 bits per heavy atom. The third-order valence-electron chi connectivity index (χ3n) is 1.78. The van der Waals surface area contributed by atoms with Crippen molar-refractivity contribution in [2.45, 2.75) is 26.6 Å². The highest BCUT2D eigenvalue weighted by molar-refractivity contribution is 5.08. The second-order valence-corrected chi connectivity index (χ2v) is 2.91. The lowest BCUT2D eigenvalue weighted by Gasteiger charge is -2.20. The summed E-state index contributed by atoms with van der Waals surface area (Å²) in [4.78, 5) is 0. The monoisotopic (exact) mass is 142 g/mol. The molecular formula is C8H14O2. The zero-order valence-corrected chi connectivity index (χ0v) is 6.50. The molecule has 1 unspecified atom stereocenters. The maximum Gasteiger partial charge on any atom is 0.174 e. The quantitative estimate of drug-likeness (QED) is 0.559. The lowest BCUT2D eigenvalue weighted by molar-refractivity contribution is -0.0715. The van der Waals surface area contributed by atoms with Gasteiger partial charge in [-0.3, -0.25) is 0 Å². The van der Waals surface area contributed by atoms with E-state index in [1.165, 1.54) is 5.57 Å². The molecule has 0 saturated carbocycles. The minimum absolute atomic E-state index is 0.540. The van der Waals surface area contributed by atoms with E-state index in [4.69, 9.17) is 9.84 Å². The van der Waals surface area contributed by atoms with Crippen LogP contribution in [-0.2, 0) is 4.74 Å². The van der Waals surface area contributed by atoms with E-state index in [1.807, 2.05) is 0 Å². The van der Waals surface area contributed by atoms with Gasteiger partial charge in [-0.1, -0.05) is 19.4 Å². The van der Waals surface area contributed by atoms with Gasteiger partial charge >= 0.3 is 0 Å². The van der Waals surface area contributed by atoms with Crippen LogP contribution in [-0.4, -0.2) is 18.0 Å². The molecule has 1 aliphatic rings. The van der Waals surface area contributed by atoms with Crippen LogP contribution in [0, 0.1) is 5.92 Å². The smallest absolute Gasteiger partial charge is 0.174 e. The van der Waals surface area contributed by atoms with Crippen molar-refractivity contribution in [3.8, 4) is 0 Å². The van der Waals surface area contributed by atoms with Gasteiger partial charge in [0.1, 0.15) is 0 Å². The number of aliphatic hydroxyl groups is 1. The van der Waals surface area contributed by atoms with Crippen LogP contribution < -0.4 is 0 Å². The predicted octanol–water partition coefficient (Wildman–Crippen LogP) is 1.31. The largest absolute Gasteiger partial charge is 0.365 e. The van der Waals surface area contributed by atoms with E-state index in [0.29, 0.717) is 12.5 Å². The molecular weight excluding hydrogens is 128 g/mol. The third-order valence-corrected chi connectivity index (χ3v) is 1.78. The van der Waals surface area contributed by atoms with E-state index in [0.717, 1.165) is 6.42 Å². The van der Waals surface area contributed by atoms with Gasteiger partial charge in [-0.15, -0.1) is 0 Å². The van der Waals surface area contributed by atoms with Crippen molar-refractivity contribution in [1.82, 2.24) is 0 Å². The molecule has 0 fully saturated rings. The van der Waals surface area contributed by atoms with Crippen molar-refractivity contribution in [1.29, 1.82) is 0 Å². The molecule has 0 saturated heterocycles. The fourth-order valence-corrected chi connectivity index (χ4v) is 1.09. The standard InChI is InChI=1S/C8H14O2/c1-6(2)7-3-4-10-8(9)5-7/h5-6,8-9H,3-4H2,1-2H3. The molecule has 1 atom stereocenters. The Balaban J connectivity index is 2.57. The zero-order valence-electron chi connectivity index (χ0n) is 6.50. The average molecular weight is 142 g/mol. The summed E-state index contributed by atoms with van der Waals surface area (Å²) in [5.41, 5.74) is 1.30. The van der Waals surface area contributed by atoms with Crippen LogP contribution in [0.3, 0.4) is 0 Å². The Labute approximate surface area is 61.5 Å². The minimum Gasteiger partial charge on any atom is -0.365 e. The van der Waals surface area contributed by atoms with Gasteiger partial charge < -0.3 is 9.84 Å². The lowest BCUT2D eigenvalue weighted by atomic mass is 9.99. The number of hydrogen-bond donors (Lipinski definition) is 1. The normalized spacial score (nSPS) is 26.8. The highest BCUT2D eigenvalue weighted by atomic mass is 16.6. The molecule has 0 aromatic carbocycles. The molecule has 0 amide bonds. The molecule has 2 heteroatoms. The molecule has 0 bridgehead atoms. The number of rotatable bonds is 1. The van der Waals surface area contributed by atoms with Crippen molar-refractivity contribution >= 4 is 0 Å². The van der Waals surface area contributed by atoms with E-state index in [-0.39, 0.29) is 0 Å². The Morgan fingerprint density at radius 1 is 1.70 bits per heavy atom. The van der Waals surface area contributed by atoms with Crippen molar-refractivity contribution in [3.63, 3.8) is 0 Å². The number of hydrogen-bond acceptors (Lipinski definition) is 2. The summed E-state index contributed by atoms with van der Waals surface area (Å²) in [6.07, 6.45) is 2.11. The molecule has 0 radical (unpaired) electrons. The maximum atomic E-state index is 9.03. The summed E-state index contributed by atoms with van der Waals surface area (Å²) in [5, 5.41) is 9.03. The summed E-state index contributed by atoms with van der Waals surface area (Å²) < 4.78 is 4.94. The molecule has 0 aromatic heterocycles. The molecule has 58 valence electrons. The molecule has 2 nitrogen and oxygen atoms in total. The van der Waals surface area contributed by atoms with Gasteiger partial charge in [0.15, 0.2) is 6.29 Å².